The molecular formula is C18H23NOS. The number of fused-ring (bicyclic) bond motifs is 1. The van der Waals surface area contributed by atoms with E-state index in [-0.39, 0.29) is 0 Å². The predicted octanol–water partition coefficient (Wildman–Crippen LogP) is 5.21. The molecule has 2 nitrogen and oxygen atoms in total. The molecule has 0 radical (unpaired) electrons. The van der Waals surface area contributed by atoms with Crippen molar-refractivity contribution >= 4 is 22.7 Å². The quantitative estimate of drug-likeness (QED) is 0.767. The van der Waals surface area contributed by atoms with E-state index in [0.717, 1.165) is 10.8 Å². The lowest BCUT2D eigenvalue weighted by molar-refractivity contribution is 0.401. The number of rotatable bonds is 5. The van der Waals surface area contributed by atoms with E-state index in [1.165, 1.54) is 43.5 Å². The molecule has 0 aromatic heterocycles. The number of phenols is 1. The van der Waals surface area contributed by atoms with E-state index in [1.807, 2.05) is 36.2 Å². The monoisotopic (exact) mass is 301 g/mol. The number of hydrogen-bond acceptors (Lipinski definition) is 3. The van der Waals surface area contributed by atoms with Gasteiger partial charge in [0.2, 0.25) is 0 Å². The maximum atomic E-state index is 10.0. The molecule has 0 spiro atoms. The number of hydrogen-bond donors (Lipinski definition) is 1. The van der Waals surface area contributed by atoms with Gasteiger partial charge in [0.1, 0.15) is 5.75 Å². The van der Waals surface area contributed by atoms with Gasteiger partial charge in [-0.05, 0) is 43.3 Å². The molecule has 1 fully saturated rings. The molecule has 1 aliphatic rings. The van der Waals surface area contributed by atoms with Crippen LogP contribution in [0.5, 0.6) is 5.75 Å². The van der Waals surface area contributed by atoms with Crippen molar-refractivity contribution in [3.63, 3.8) is 0 Å². The Morgan fingerprint density at radius 3 is 2.81 bits per heavy atom. The first-order chi connectivity index (χ1) is 10.3. The minimum Gasteiger partial charge on any atom is -0.507 e. The zero-order chi connectivity index (χ0) is 14.7. The fraction of sp³-hybridized carbons (Fsp3) is 0.444. The summed E-state index contributed by atoms with van der Waals surface area (Å²) < 4.78 is 2.55. The second-order valence-electron chi connectivity index (χ2n) is 5.80. The third-order valence-electron chi connectivity index (χ3n) is 4.29. The van der Waals surface area contributed by atoms with E-state index >= 15 is 0 Å². The van der Waals surface area contributed by atoms with Crippen LogP contribution in [0.15, 0.2) is 41.3 Å². The van der Waals surface area contributed by atoms with E-state index in [1.54, 1.807) is 0 Å². The lowest BCUT2D eigenvalue weighted by atomic mass is 10.1. The van der Waals surface area contributed by atoms with Gasteiger partial charge in [-0.3, -0.25) is 0 Å². The van der Waals surface area contributed by atoms with Gasteiger partial charge in [-0.25, -0.2) is 4.31 Å². The van der Waals surface area contributed by atoms with Crippen molar-refractivity contribution < 1.29 is 5.11 Å². The Hall–Kier alpha value is -1.19. The molecule has 1 N–H and O–H groups in total. The van der Waals surface area contributed by atoms with Crippen molar-refractivity contribution in [3.05, 3.63) is 36.4 Å². The SMILES string of the molecule is CCCCC1CCCN1Sc1ccc(O)c2ccccc12. The van der Waals surface area contributed by atoms with Crippen molar-refractivity contribution in [2.24, 2.45) is 0 Å². The van der Waals surface area contributed by atoms with Crippen LogP contribution >= 0.6 is 11.9 Å². The van der Waals surface area contributed by atoms with Crippen LogP contribution in [0.4, 0.5) is 0 Å². The summed E-state index contributed by atoms with van der Waals surface area (Å²) in [5.74, 6) is 0.374. The first-order valence-electron chi connectivity index (χ1n) is 7.95. The third kappa shape index (κ3) is 3.19. The Morgan fingerprint density at radius 2 is 2.00 bits per heavy atom. The highest BCUT2D eigenvalue weighted by Crippen LogP contribution is 2.38. The summed E-state index contributed by atoms with van der Waals surface area (Å²) in [6, 6.07) is 12.7. The van der Waals surface area contributed by atoms with Gasteiger partial charge in [0.15, 0.2) is 0 Å². The average Bonchev–Trinajstić information content (AvgIpc) is 2.95. The fourth-order valence-electron chi connectivity index (χ4n) is 3.12. The molecule has 21 heavy (non-hydrogen) atoms. The number of benzene rings is 2. The largest absolute Gasteiger partial charge is 0.507 e. The zero-order valence-electron chi connectivity index (χ0n) is 12.6. The molecule has 0 bridgehead atoms. The predicted molar refractivity (Wildman–Crippen MR) is 90.7 cm³/mol. The molecule has 0 saturated carbocycles. The van der Waals surface area contributed by atoms with Crippen LogP contribution in [0.25, 0.3) is 10.8 Å². The third-order valence-corrected chi connectivity index (χ3v) is 5.56. The number of phenolic OH excluding ortho intramolecular Hbond substituents is 1. The summed E-state index contributed by atoms with van der Waals surface area (Å²) in [7, 11) is 0. The van der Waals surface area contributed by atoms with Crippen LogP contribution in [-0.4, -0.2) is 22.0 Å². The maximum absolute atomic E-state index is 10.0. The first kappa shape index (κ1) is 14.7. The van der Waals surface area contributed by atoms with Gasteiger partial charge in [0.05, 0.1) is 0 Å². The van der Waals surface area contributed by atoms with Crippen LogP contribution in [0.3, 0.4) is 0 Å². The van der Waals surface area contributed by atoms with E-state index in [9.17, 15) is 5.11 Å². The molecule has 2 aromatic rings. The summed E-state index contributed by atoms with van der Waals surface area (Å²) >= 11 is 1.87. The Balaban J connectivity index is 1.83. The molecule has 3 rings (SSSR count). The highest BCUT2D eigenvalue weighted by Gasteiger charge is 2.25. The Labute approximate surface area is 131 Å². The summed E-state index contributed by atoms with van der Waals surface area (Å²) in [5.41, 5.74) is 0. The van der Waals surface area contributed by atoms with Crippen molar-refractivity contribution in [3.8, 4) is 5.75 Å². The molecule has 1 heterocycles. The molecular weight excluding hydrogens is 278 g/mol. The standard InChI is InChI=1S/C18H23NOS/c1-2-3-7-14-8-6-13-19(14)21-18-12-11-17(20)15-9-4-5-10-16(15)18/h4-5,9-12,14,20H,2-3,6-8,13H2,1H3. The van der Waals surface area contributed by atoms with Gasteiger partial charge in [0, 0.05) is 28.3 Å². The number of aromatic hydroxyl groups is 1. The van der Waals surface area contributed by atoms with Gasteiger partial charge >= 0.3 is 0 Å². The normalized spacial score (nSPS) is 19.4. The van der Waals surface area contributed by atoms with Gasteiger partial charge in [-0.2, -0.15) is 0 Å². The Morgan fingerprint density at radius 1 is 1.19 bits per heavy atom. The van der Waals surface area contributed by atoms with Crippen LogP contribution in [0, 0.1) is 0 Å². The number of unbranched alkanes of at least 4 members (excludes halogenated alkanes) is 1. The van der Waals surface area contributed by atoms with Gasteiger partial charge in [-0.15, -0.1) is 0 Å². The van der Waals surface area contributed by atoms with Crippen molar-refractivity contribution in [1.82, 2.24) is 4.31 Å². The van der Waals surface area contributed by atoms with E-state index < -0.39 is 0 Å². The van der Waals surface area contributed by atoms with E-state index in [2.05, 4.69) is 23.4 Å². The summed E-state index contributed by atoms with van der Waals surface area (Å²) in [5, 5.41) is 12.1. The topological polar surface area (TPSA) is 23.5 Å². The molecule has 112 valence electrons. The second-order valence-corrected chi connectivity index (χ2v) is 6.89. The second kappa shape index (κ2) is 6.71. The summed E-state index contributed by atoms with van der Waals surface area (Å²) in [6.45, 7) is 3.44. The lowest BCUT2D eigenvalue weighted by Gasteiger charge is -2.23. The molecule has 1 unspecified atom stereocenters. The lowest BCUT2D eigenvalue weighted by Crippen LogP contribution is -2.22. The Kier molecular flexibility index (Phi) is 4.71. The van der Waals surface area contributed by atoms with Crippen LogP contribution < -0.4 is 0 Å². The highest BCUT2D eigenvalue weighted by molar-refractivity contribution is 7.97. The van der Waals surface area contributed by atoms with E-state index in [0.29, 0.717) is 11.8 Å². The first-order valence-corrected chi connectivity index (χ1v) is 8.72. The van der Waals surface area contributed by atoms with Gasteiger partial charge in [0.25, 0.3) is 0 Å². The number of nitrogens with zero attached hydrogens (tertiary/aromatic N) is 1. The van der Waals surface area contributed by atoms with Gasteiger partial charge in [-0.1, -0.05) is 44.0 Å². The molecule has 0 aliphatic carbocycles. The van der Waals surface area contributed by atoms with Crippen LogP contribution in [0.2, 0.25) is 0 Å². The van der Waals surface area contributed by atoms with Crippen LogP contribution in [0.1, 0.15) is 39.0 Å². The van der Waals surface area contributed by atoms with Gasteiger partial charge < -0.3 is 5.11 Å². The summed E-state index contributed by atoms with van der Waals surface area (Å²) in [6.07, 6.45) is 6.52. The smallest absolute Gasteiger partial charge is 0.123 e. The van der Waals surface area contributed by atoms with Crippen LogP contribution in [-0.2, 0) is 0 Å². The molecule has 1 aliphatic heterocycles. The van der Waals surface area contributed by atoms with Crippen molar-refractivity contribution in [1.29, 1.82) is 0 Å². The summed E-state index contributed by atoms with van der Waals surface area (Å²) in [4.78, 5) is 1.26. The minimum atomic E-state index is 0.374. The molecule has 2 aromatic carbocycles. The fourth-order valence-corrected chi connectivity index (χ4v) is 4.36. The molecule has 0 amide bonds. The zero-order valence-corrected chi connectivity index (χ0v) is 13.4. The molecule has 3 heteroatoms. The average molecular weight is 301 g/mol. The molecule has 1 saturated heterocycles. The minimum absolute atomic E-state index is 0.374. The van der Waals surface area contributed by atoms with E-state index in [4.69, 9.17) is 0 Å². The highest BCUT2D eigenvalue weighted by atomic mass is 32.2. The Bertz CT molecular complexity index is 613. The van der Waals surface area contributed by atoms with Crippen molar-refractivity contribution in [2.45, 2.75) is 50.0 Å². The van der Waals surface area contributed by atoms with Crippen molar-refractivity contribution in [2.75, 3.05) is 6.54 Å². The maximum Gasteiger partial charge on any atom is 0.123 e. The molecule has 1 atom stereocenters.